The summed E-state index contributed by atoms with van der Waals surface area (Å²) in [6.07, 6.45) is 3.88. The van der Waals surface area contributed by atoms with E-state index in [0.717, 1.165) is 30.4 Å². The van der Waals surface area contributed by atoms with Gasteiger partial charge in [-0.05, 0) is 54.5 Å². The minimum absolute atomic E-state index is 0.0950. The van der Waals surface area contributed by atoms with Gasteiger partial charge in [0.25, 0.3) is 0 Å². The van der Waals surface area contributed by atoms with Gasteiger partial charge in [-0.25, -0.2) is 4.39 Å². The Kier molecular flexibility index (Phi) is 7.21. The summed E-state index contributed by atoms with van der Waals surface area (Å²) in [6.45, 7) is 1.23. The van der Waals surface area contributed by atoms with E-state index < -0.39 is 5.41 Å². The normalized spacial score (nSPS) is 15.1. The number of nitrogens with zero attached hydrogens (tertiary/aromatic N) is 3. The molecule has 36 heavy (non-hydrogen) atoms. The zero-order valence-electron chi connectivity index (χ0n) is 20.3. The molecule has 1 fully saturated rings. The number of aromatic nitrogens is 2. The number of hydrogen-bond donors (Lipinski definition) is 0. The quantitative estimate of drug-likeness (QED) is 0.330. The third-order valence-electron chi connectivity index (χ3n) is 7.18. The molecule has 0 spiro atoms. The lowest BCUT2D eigenvalue weighted by Gasteiger charge is -2.40. The van der Waals surface area contributed by atoms with Gasteiger partial charge in [0.1, 0.15) is 5.82 Å². The fraction of sp³-hybridized carbons (Fsp3) is 0.300. The van der Waals surface area contributed by atoms with Crippen LogP contribution in [0.1, 0.15) is 47.7 Å². The molecule has 0 aliphatic carbocycles. The molecule has 1 amide bonds. The van der Waals surface area contributed by atoms with E-state index in [9.17, 15) is 9.18 Å². The summed E-state index contributed by atoms with van der Waals surface area (Å²) < 4.78 is 19.2. The van der Waals surface area contributed by atoms with Gasteiger partial charge in [0.15, 0.2) is 5.82 Å². The molecule has 5 nitrogen and oxygen atoms in total. The smallest absolute Gasteiger partial charge is 0.227 e. The molecule has 1 aliphatic heterocycles. The van der Waals surface area contributed by atoms with Gasteiger partial charge in [0.2, 0.25) is 11.8 Å². The van der Waals surface area contributed by atoms with Crippen molar-refractivity contribution in [2.75, 3.05) is 13.1 Å². The molecule has 1 saturated heterocycles. The number of amides is 1. The summed E-state index contributed by atoms with van der Waals surface area (Å²) >= 11 is 0. The Bertz CT molecular complexity index is 1280. The Labute approximate surface area is 211 Å². The molecule has 0 atom stereocenters. The summed E-state index contributed by atoms with van der Waals surface area (Å²) in [7, 11) is 0. The van der Waals surface area contributed by atoms with E-state index in [4.69, 9.17) is 9.51 Å². The summed E-state index contributed by atoms with van der Waals surface area (Å²) in [6, 6.07) is 27.0. The molecule has 0 N–H and O–H groups in total. The highest BCUT2D eigenvalue weighted by Crippen LogP contribution is 2.40. The number of carbonyl (C=O) groups is 1. The van der Waals surface area contributed by atoms with E-state index in [0.29, 0.717) is 44.1 Å². The van der Waals surface area contributed by atoms with Crippen LogP contribution < -0.4 is 0 Å². The highest BCUT2D eigenvalue weighted by atomic mass is 19.1. The predicted octanol–water partition coefficient (Wildman–Crippen LogP) is 5.54. The largest absolute Gasteiger partial charge is 0.343 e. The molecule has 0 saturated carbocycles. The van der Waals surface area contributed by atoms with Crippen molar-refractivity contribution in [2.45, 2.75) is 43.9 Å². The molecule has 1 aromatic heterocycles. The van der Waals surface area contributed by atoms with Crippen LogP contribution in [0.3, 0.4) is 0 Å². The number of hydrogen-bond acceptors (Lipinski definition) is 4. The number of carbonyl (C=O) groups excluding carboxylic acids is 1. The SMILES string of the molecule is O=C(CCc1cccc(F)c1)N1CCC(c2ccccc2)(c2noc(CCc3ccccc3)n2)CC1. The van der Waals surface area contributed by atoms with E-state index >= 15 is 0 Å². The molecule has 184 valence electrons. The molecular weight excluding hydrogens is 453 g/mol. The molecule has 1 aliphatic rings. The number of benzene rings is 3. The molecule has 6 heteroatoms. The molecule has 2 heterocycles. The third-order valence-corrected chi connectivity index (χ3v) is 7.18. The average molecular weight is 484 g/mol. The fourth-order valence-electron chi connectivity index (χ4n) is 5.09. The van der Waals surface area contributed by atoms with E-state index in [1.165, 1.54) is 17.7 Å². The monoisotopic (exact) mass is 483 g/mol. The van der Waals surface area contributed by atoms with Gasteiger partial charge in [-0.2, -0.15) is 4.98 Å². The van der Waals surface area contributed by atoms with Crippen LogP contribution in [0.15, 0.2) is 89.5 Å². The van der Waals surface area contributed by atoms with Crippen LogP contribution in [0.5, 0.6) is 0 Å². The number of aryl methyl sites for hydroxylation is 3. The van der Waals surface area contributed by atoms with Crippen molar-refractivity contribution in [1.82, 2.24) is 15.0 Å². The number of piperidine rings is 1. The highest BCUT2D eigenvalue weighted by molar-refractivity contribution is 5.76. The summed E-state index contributed by atoms with van der Waals surface area (Å²) in [5, 5.41) is 4.43. The minimum atomic E-state index is -0.394. The first-order valence-corrected chi connectivity index (χ1v) is 12.6. The van der Waals surface area contributed by atoms with Crippen molar-refractivity contribution in [3.63, 3.8) is 0 Å². The van der Waals surface area contributed by atoms with Gasteiger partial charge < -0.3 is 9.42 Å². The lowest BCUT2D eigenvalue weighted by Crippen LogP contribution is -2.46. The van der Waals surface area contributed by atoms with Crippen LogP contribution >= 0.6 is 0 Å². The van der Waals surface area contributed by atoms with Crippen molar-refractivity contribution in [3.05, 3.63) is 119 Å². The van der Waals surface area contributed by atoms with Crippen LogP contribution in [0.25, 0.3) is 0 Å². The Balaban J connectivity index is 1.28. The van der Waals surface area contributed by atoms with Crippen molar-refractivity contribution in [1.29, 1.82) is 0 Å². The lowest BCUT2D eigenvalue weighted by atomic mass is 9.72. The van der Waals surface area contributed by atoms with Crippen LogP contribution in [0, 0.1) is 5.82 Å². The van der Waals surface area contributed by atoms with Crippen molar-refractivity contribution >= 4 is 5.91 Å². The maximum absolute atomic E-state index is 13.5. The van der Waals surface area contributed by atoms with E-state index in [2.05, 4.69) is 29.4 Å². The van der Waals surface area contributed by atoms with Crippen molar-refractivity contribution in [3.8, 4) is 0 Å². The van der Waals surface area contributed by atoms with Gasteiger partial charge >= 0.3 is 0 Å². The topological polar surface area (TPSA) is 59.2 Å². The standard InChI is InChI=1S/C30H30FN3O2/c31-26-13-7-10-24(22-26)15-17-28(35)34-20-18-30(19-21-34,25-11-5-2-6-12-25)29-32-27(36-33-29)16-14-23-8-3-1-4-9-23/h1-13,22H,14-21H2. The third kappa shape index (κ3) is 5.38. The molecule has 3 aromatic carbocycles. The maximum Gasteiger partial charge on any atom is 0.227 e. The van der Waals surface area contributed by atoms with Gasteiger partial charge in [-0.15, -0.1) is 0 Å². The Hall–Kier alpha value is -3.80. The molecule has 0 unspecified atom stereocenters. The van der Waals surface area contributed by atoms with E-state index in [-0.39, 0.29) is 11.7 Å². The van der Waals surface area contributed by atoms with E-state index in [1.54, 1.807) is 6.07 Å². The molecular formula is C30H30FN3O2. The highest BCUT2D eigenvalue weighted by Gasteiger charge is 2.42. The first-order valence-electron chi connectivity index (χ1n) is 12.6. The Morgan fingerprint density at radius 2 is 1.56 bits per heavy atom. The second-order valence-corrected chi connectivity index (χ2v) is 9.46. The zero-order chi connectivity index (χ0) is 24.8. The number of likely N-dealkylation sites (tertiary alicyclic amines) is 1. The van der Waals surface area contributed by atoms with Gasteiger partial charge in [0, 0.05) is 25.9 Å². The molecule has 0 radical (unpaired) electrons. The van der Waals surface area contributed by atoms with Gasteiger partial charge in [-0.1, -0.05) is 78.0 Å². The predicted molar refractivity (Wildman–Crippen MR) is 136 cm³/mol. The van der Waals surface area contributed by atoms with E-state index in [1.807, 2.05) is 47.4 Å². The van der Waals surface area contributed by atoms with Gasteiger partial charge in [-0.3, -0.25) is 4.79 Å². The van der Waals surface area contributed by atoms with Crippen LogP contribution in [0.2, 0.25) is 0 Å². The fourth-order valence-corrected chi connectivity index (χ4v) is 5.09. The zero-order valence-corrected chi connectivity index (χ0v) is 20.3. The second-order valence-electron chi connectivity index (χ2n) is 9.46. The first-order chi connectivity index (χ1) is 17.6. The van der Waals surface area contributed by atoms with Crippen LogP contribution in [0.4, 0.5) is 4.39 Å². The van der Waals surface area contributed by atoms with Crippen molar-refractivity contribution < 1.29 is 13.7 Å². The summed E-state index contributed by atoms with van der Waals surface area (Å²) in [5.74, 6) is 1.16. The second kappa shape index (κ2) is 10.9. The Morgan fingerprint density at radius 3 is 2.28 bits per heavy atom. The van der Waals surface area contributed by atoms with Crippen LogP contribution in [-0.4, -0.2) is 34.0 Å². The number of halogens is 1. The molecule has 4 aromatic rings. The lowest BCUT2D eigenvalue weighted by molar-refractivity contribution is -0.132. The van der Waals surface area contributed by atoms with Crippen LogP contribution in [-0.2, 0) is 29.5 Å². The molecule has 5 rings (SSSR count). The minimum Gasteiger partial charge on any atom is -0.343 e. The van der Waals surface area contributed by atoms with Crippen molar-refractivity contribution in [2.24, 2.45) is 0 Å². The number of rotatable bonds is 8. The summed E-state index contributed by atoms with van der Waals surface area (Å²) in [4.78, 5) is 19.7. The average Bonchev–Trinajstić information content (AvgIpc) is 3.41. The van der Waals surface area contributed by atoms with Gasteiger partial charge in [0.05, 0.1) is 5.41 Å². The maximum atomic E-state index is 13.5. The Morgan fingerprint density at radius 1 is 0.861 bits per heavy atom. The first kappa shape index (κ1) is 23.9. The molecule has 0 bridgehead atoms. The summed E-state index contributed by atoms with van der Waals surface area (Å²) in [5.41, 5.74) is 2.83.